The first-order valence-electron chi connectivity index (χ1n) is 6.90. The molecule has 1 N–H and O–H groups in total. The fourth-order valence-electron chi connectivity index (χ4n) is 2.25. The highest BCUT2D eigenvalue weighted by molar-refractivity contribution is 7.88. The van der Waals surface area contributed by atoms with Gasteiger partial charge in [0.25, 0.3) is 5.91 Å². The number of nitrogens with zero attached hydrogens (tertiary/aromatic N) is 1. The van der Waals surface area contributed by atoms with Crippen molar-refractivity contribution in [1.82, 2.24) is 9.62 Å². The molecule has 1 amide bonds. The van der Waals surface area contributed by atoms with Crippen molar-refractivity contribution in [1.29, 1.82) is 0 Å². The number of carbonyl (C=O) groups is 1. The van der Waals surface area contributed by atoms with E-state index in [1.165, 1.54) is 11.8 Å². The summed E-state index contributed by atoms with van der Waals surface area (Å²) >= 11 is 0. The SMILES string of the molecule is C[C@@H](OCC(F)(F)F)C(=O)N1CCC[C@H](CNS(C)(=O)=O)C1. The molecular formula is C12H21F3N2O4S. The van der Waals surface area contributed by atoms with Crippen LogP contribution >= 0.6 is 0 Å². The van der Waals surface area contributed by atoms with Crippen molar-refractivity contribution in [3.63, 3.8) is 0 Å². The maximum absolute atomic E-state index is 12.1. The Bertz CT molecular complexity index is 481. The maximum Gasteiger partial charge on any atom is 0.411 e. The number of halogens is 3. The van der Waals surface area contributed by atoms with E-state index in [4.69, 9.17) is 0 Å². The molecule has 0 unspecified atom stereocenters. The molecule has 1 saturated heterocycles. The molecule has 0 aromatic rings. The molecule has 0 spiro atoms. The minimum absolute atomic E-state index is 0.0535. The monoisotopic (exact) mass is 346 g/mol. The molecule has 6 nitrogen and oxygen atoms in total. The maximum atomic E-state index is 12.1. The number of piperidine rings is 1. The summed E-state index contributed by atoms with van der Waals surface area (Å²) in [5, 5.41) is 0. The molecule has 10 heteroatoms. The number of hydrogen-bond donors (Lipinski definition) is 1. The Hall–Kier alpha value is -0.870. The summed E-state index contributed by atoms with van der Waals surface area (Å²) < 4.78 is 65.3. The van der Waals surface area contributed by atoms with Gasteiger partial charge in [0.05, 0.1) is 6.26 Å². The Balaban J connectivity index is 2.48. The van der Waals surface area contributed by atoms with Gasteiger partial charge in [-0.3, -0.25) is 4.79 Å². The number of hydrogen-bond acceptors (Lipinski definition) is 4. The molecule has 1 fully saturated rings. The van der Waals surface area contributed by atoms with Crippen LogP contribution in [0, 0.1) is 5.92 Å². The molecule has 1 aliphatic rings. The predicted molar refractivity (Wildman–Crippen MR) is 73.6 cm³/mol. The second-order valence-corrected chi connectivity index (χ2v) is 7.31. The second-order valence-electron chi connectivity index (χ2n) is 5.48. The summed E-state index contributed by atoms with van der Waals surface area (Å²) in [5.74, 6) is -0.560. The Kier molecular flexibility index (Phi) is 6.63. The van der Waals surface area contributed by atoms with Gasteiger partial charge in [0, 0.05) is 19.6 Å². The molecule has 0 aliphatic carbocycles. The Morgan fingerprint density at radius 1 is 1.45 bits per heavy atom. The molecule has 22 heavy (non-hydrogen) atoms. The van der Waals surface area contributed by atoms with Crippen LogP contribution in [0.5, 0.6) is 0 Å². The number of alkyl halides is 3. The van der Waals surface area contributed by atoms with Crippen molar-refractivity contribution < 1.29 is 31.1 Å². The fraction of sp³-hybridized carbons (Fsp3) is 0.917. The molecule has 130 valence electrons. The lowest BCUT2D eigenvalue weighted by Crippen LogP contribution is -2.47. The minimum atomic E-state index is -4.47. The smallest absolute Gasteiger partial charge is 0.359 e. The third-order valence-corrected chi connectivity index (χ3v) is 4.00. The first-order chi connectivity index (χ1) is 9.98. The van der Waals surface area contributed by atoms with Gasteiger partial charge in [-0.2, -0.15) is 13.2 Å². The minimum Gasteiger partial charge on any atom is -0.359 e. The zero-order valence-electron chi connectivity index (χ0n) is 12.5. The number of amides is 1. The third kappa shape index (κ3) is 7.41. The Labute approximate surface area is 128 Å². The van der Waals surface area contributed by atoms with Crippen molar-refractivity contribution in [2.24, 2.45) is 5.92 Å². The summed E-state index contributed by atoms with van der Waals surface area (Å²) in [6.07, 6.45) is -3.18. The number of nitrogens with one attached hydrogen (secondary N) is 1. The highest BCUT2D eigenvalue weighted by Crippen LogP contribution is 2.19. The zero-order valence-corrected chi connectivity index (χ0v) is 13.3. The average molecular weight is 346 g/mol. The Morgan fingerprint density at radius 2 is 2.09 bits per heavy atom. The van der Waals surface area contributed by atoms with Crippen LogP contribution in [0.1, 0.15) is 19.8 Å². The predicted octanol–water partition coefficient (Wildman–Crippen LogP) is 0.742. The molecule has 0 bridgehead atoms. The third-order valence-electron chi connectivity index (χ3n) is 3.31. The fourth-order valence-corrected chi connectivity index (χ4v) is 2.79. The van der Waals surface area contributed by atoms with E-state index in [0.717, 1.165) is 12.7 Å². The topological polar surface area (TPSA) is 75.7 Å². The number of likely N-dealkylation sites (tertiary alicyclic amines) is 1. The molecule has 2 atom stereocenters. The largest absolute Gasteiger partial charge is 0.411 e. The molecule has 0 radical (unpaired) electrons. The van der Waals surface area contributed by atoms with Crippen molar-refractivity contribution in [3.8, 4) is 0 Å². The van der Waals surface area contributed by atoms with E-state index in [0.29, 0.717) is 19.5 Å². The van der Waals surface area contributed by atoms with Gasteiger partial charge in [0.1, 0.15) is 12.7 Å². The quantitative estimate of drug-likeness (QED) is 0.770. The van der Waals surface area contributed by atoms with E-state index in [2.05, 4.69) is 9.46 Å². The summed E-state index contributed by atoms with van der Waals surface area (Å²) in [5.41, 5.74) is 0. The van der Waals surface area contributed by atoms with Gasteiger partial charge in [0.15, 0.2) is 0 Å². The number of sulfonamides is 1. The molecule has 1 heterocycles. The van der Waals surface area contributed by atoms with E-state index in [-0.39, 0.29) is 12.5 Å². The summed E-state index contributed by atoms with van der Waals surface area (Å²) in [4.78, 5) is 13.5. The summed E-state index contributed by atoms with van der Waals surface area (Å²) in [7, 11) is -3.31. The van der Waals surface area contributed by atoms with Gasteiger partial charge in [-0.15, -0.1) is 0 Å². The van der Waals surface area contributed by atoms with Crippen LogP contribution in [0.4, 0.5) is 13.2 Å². The normalized spacial score (nSPS) is 21.7. The van der Waals surface area contributed by atoms with Crippen LogP contribution in [0.15, 0.2) is 0 Å². The second kappa shape index (κ2) is 7.60. The summed E-state index contributed by atoms with van der Waals surface area (Å²) in [6.45, 7) is 0.772. The van der Waals surface area contributed by atoms with E-state index >= 15 is 0 Å². The zero-order chi connectivity index (χ0) is 17.0. The van der Waals surface area contributed by atoms with Crippen LogP contribution in [0.3, 0.4) is 0 Å². The number of ether oxygens (including phenoxy) is 1. The summed E-state index contributed by atoms with van der Waals surface area (Å²) in [6, 6.07) is 0. The van der Waals surface area contributed by atoms with Crippen LogP contribution in [-0.4, -0.2) is 64.0 Å². The lowest BCUT2D eigenvalue weighted by atomic mass is 9.98. The van der Waals surface area contributed by atoms with Crippen LogP contribution in [-0.2, 0) is 19.6 Å². The highest BCUT2D eigenvalue weighted by Gasteiger charge is 2.32. The van der Waals surface area contributed by atoms with Crippen LogP contribution < -0.4 is 4.72 Å². The molecular weight excluding hydrogens is 325 g/mol. The van der Waals surface area contributed by atoms with Crippen LogP contribution in [0.2, 0.25) is 0 Å². The number of rotatable bonds is 6. The number of carbonyl (C=O) groups excluding carboxylic acids is 1. The first kappa shape index (κ1) is 19.2. The molecule has 0 aromatic carbocycles. The van der Waals surface area contributed by atoms with Gasteiger partial charge in [0.2, 0.25) is 10.0 Å². The van der Waals surface area contributed by atoms with Gasteiger partial charge in [-0.05, 0) is 25.7 Å². The van der Waals surface area contributed by atoms with E-state index < -0.39 is 34.8 Å². The lowest BCUT2D eigenvalue weighted by molar-refractivity contribution is -0.188. The van der Waals surface area contributed by atoms with Crippen molar-refractivity contribution in [2.45, 2.75) is 32.0 Å². The highest BCUT2D eigenvalue weighted by atomic mass is 32.2. The van der Waals surface area contributed by atoms with E-state index in [9.17, 15) is 26.4 Å². The molecule has 0 saturated carbocycles. The van der Waals surface area contributed by atoms with E-state index in [1.807, 2.05) is 0 Å². The molecule has 0 aromatic heterocycles. The van der Waals surface area contributed by atoms with E-state index in [1.54, 1.807) is 0 Å². The van der Waals surface area contributed by atoms with Gasteiger partial charge in [-0.25, -0.2) is 13.1 Å². The van der Waals surface area contributed by atoms with Gasteiger partial charge >= 0.3 is 6.18 Å². The average Bonchev–Trinajstić information content (AvgIpc) is 2.40. The first-order valence-corrected chi connectivity index (χ1v) is 8.79. The standard InChI is InChI=1S/C12H21F3N2O4S/c1-9(21-8-12(13,14)15)11(18)17-5-3-4-10(7-17)6-16-22(2,19)20/h9-10,16H,3-8H2,1-2H3/t9-,10-/m1/s1. The van der Waals surface area contributed by atoms with Crippen molar-refractivity contribution in [2.75, 3.05) is 32.5 Å². The lowest BCUT2D eigenvalue weighted by Gasteiger charge is -2.34. The van der Waals surface area contributed by atoms with Gasteiger partial charge in [-0.1, -0.05) is 0 Å². The van der Waals surface area contributed by atoms with Crippen molar-refractivity contribution >= 4 is 15.9 Å². The Morgan fingerprint density at radius 3 is 2.64 bits per heavy atom. The van der Waals surface area contributed by atoms with Gasteiger partial charge < -0.3 is 9.64 Å². The molecule has 1 rings (SSSR count). The molecule has 1 aliphatic heterocycles. The van der Waals surface area contributed by atoms with Crippen LogP contribution in [0.25, 0.3) is 0 Å². The van der Waals surface area contributed by atoms with Crippen molar-refractivity contribution in [3.05, 3.63) is 0 Å².